The van der Waals surface area contributed by atoms with Crippen molar-refractivity contribution in [1.29, 1.82) is 0 Å². The number of rotatable bonds is 7. The molecule has 132 valence electrons. The third-order valence-corrected chi connectivity index (χ3v) is 4.56. The summed E-state index contributed by atoms with van der Waals surface area (Å²) in [6.45, 7) is 2.35. The third-order valence-electron chi connectivity index (χ3n) is 4.56. The first kappa shape index (κ1) is 17.3. The number of carbonyl (C=O) groups is 1. The number of aliphatic carboxylic acids is 1. The minimum Gasteiger partial charge on any atom is -0.481 e. The van der Waals surface area contributed by atoms with Gasteiger partial charge in [0.05, 0.1) is 0 Å². The molecule has 0 atom stereocenters. The highest BCUT2D eigenvalue weighted by Gasteiger charge is 2.17. The van der Waals surface area contributed by atoms with Crippen LogP contribution in [0.5, 0.6) is 0 Å². The topological polar surface area (TPSA) is 52.6 Å². The van der Waals surface area contributed by atoms with Gasteiger partial charge < -0.3 is 15.3 Å². The van der Waals surface area contributed by atoms with Crippen molar-refractivity contribution in [3.05, 3.63) is 59.4 Å². The summed E-state index contributed by atoms with van der Waals surface area (Å²) in [6, 6.07) is 12.9. The fourth-order valence-electron chi connectivity index (χ4n) is 3.26. The molecular weight excluding hydrogens is 319 g/mol. The normalized spacial score (nSPS) is 13.9. The predicted octanol–water partition coefficient (Wildman–Crippen LogP) is 4.06. The molecule has 2 aromatic rings. The lowest BCUT2D eigenvalue weighted by atomic mass is 10.1. The lowest BCUT2D eigenvalue weighted by Gasteiger charge is -2.22. The second-order valence-corrected chi connectivity index (χ2v) is 6.38. The van der Waals surface area contributed by atoms with Crippen LogP contribution >= 0.6 is 0 Å². The zero-order chi connectivity index (χ0) is 17.6. The molecule has 3 rings (SSSR count). The van der Waals surface area contributed by atoms with E-state index >= 15 is 0 Å². The van der Waals surface area contributed by atoms with Crippen LogP contribution < -0.4 is 10.2 Å². The van der Waals surface area contributed by atoms with Gasteiger partial charge in [0.15, 0.2) is 0 Å². The number of hydrogen-bond acceptors (Lipinski definition) is 3. The molecule has 0 radical (unpaired) electrons. The molecule has 0 aliphatic carbocycles. The van der Waals surface area contributed by atoms with E-state index in [4.69, 9.17) is 5.11 Å². The monoisotopic (exact) mass is 342 g/mol. The molecule has 0 aromatic heterocycles. The summed E-state index contributed by atoms with van der Waals surface area (Å²) in [6.07, 6.45) is 2.89. The molecule has 5 heteroatoms. The SMILES string of the molecule is O=C(O)CCc1cccc(NCc2c(F)cccc2N2CCCC2)c1. The number of halogens is 1. The van der Waals surface area contributed by atoms with E-state index in [0.29, 0.717) is 18.5 Å². The van der Waals surface area contributed by atoms with Gasteiger partial charge in [0.1, 0.15) is 5.82 Å². The summed E-state index contributed by atoms with van der Waals surface area (Å²) in [5.74, 6) is -1.00. The quantitative estimate of drug-likeness (QED) is 0.797. The van der Waals surface area contributed by atoms with Crippen LogP contribution in [0.4, 0.5) is 15.8 Å². The van der Waals surface area contributed by atoms with Crippen LogP contribution in [0.1, 0.15) is 30.4 Å². The van der Waals surface area contributed by atoms with Gasteiger partial charge in [0, 0.05) is 43.0 Å². The van der Waals surface area contributed by atoms with Crippen LogP contribution in [0.2, 0.25) is 0 Å². The maximum Gasteiger partial charge on any atom is 0.303 e. The zero-order valence-electron chi connectivity index (χ0n) is 14.2. The van der Waals surface area contributed by atoms with Gasteiger partial charge in [-0.2, -0.15) is 0 Å². The lowest BCUT2D eigenvalue weighted by molar-refractivity contribution is -0.136. The first-order valence-corrected chi connectivity index (χ1v) is 8.70. The lowest BCUT2D eigenvalue weighted by Crippen LogP contribution is -2.20. The third kappa shape index (κ3) is 4.50. The second kappa shape index (κ2) is 8.01. The van der Waals surface area contributed by atoms with E-state index in [-0.39, 0.29) is 12.2 Å². The zero-order valence-corrected chi connectivity index (χ0v) is 14.2. The minimum atomic E-state index is -0.806. The molecule has 1 heterocycles. The van der Waals surface area contributed by atoms with Crippen molar-refractivity contribution in [2.24, 2.45) is 0 Å². The number of carboxylic acids is 1. The van der Waals surface area contributed by atoms with Gasteiger partial charge in [-0.05, 0) is 49.1 Å². The molecule has 0 amide bonds. The van der Waals surface area contributed by atoms with Gasteiger partial charge in [0.2, 0.25) is 0 Å². The number of anilines is 2. The van der Waals surface area contributed by atoms with Crippen molar-refractivity contribution in [2.45, 2.75) is 32.2 Å². The molecule has 2 aromatic carbocycles. The summed E-state index contributed by atoms with van der Waals surface area (Å²) < 4.78 is 14.4. The van der Waals surface area contributed by atoms with Gasteiger partial charge in [-0.25, -0.2) is 4.39 Å². The molecular formula is C20H23FN2O2. The summed E-state index contributed by atoms with van der Waals surface area (Å²) in [4.78, 5) is 12.9. The average molecular weight is 342 g/mol. The van der Waals surface area contributed by atoms with Gasteiger partial charge in [-0.15, -0.1) is 0 Å². The Morgan fingerprint density at radius 1 is 1.16 bits per heavy atom. The Bertz CT molecular complexity index is 742. The molecule has 0 saturated carbocycles. The maximum absolute atomic E-state index is 14.4. The van der Waals surface area contributed by atoms with Crippen LogP contribution in [0.25, 0.3) is 0 Å². The van der Waals surface area contributed by atoms with Crippen molar-refractivity contribution in [3.8, 4) is 0 Å². The molecule has 2 N–H and O–H groups in total. The molecule has 25 heavy (non-hydrogen) atoms. The summed E-state index contributed by atoms with van der Waals surface area (Å²) in [7, 11) is 0. The Labute approximate surface area is 147 Å². The summed E-state index contributed by atoms with van der Waals surface area (Å²) >= 11 is 0. The fourth-order valence-corrected chi connectivity index (χ4v) is 3.26. The number of benzene rings is 2. The van der Waals surface area contributed by atoms with Gasteiger partial charge in [-0.3, -0.25) is 4.79 Å². The van der Waals surface area contributed by atoms with E-state index in [9.17, 15) is 9.18 Å². The van der Waals surface area contributed by atoms with Crippen molar-refractivity contribution in [3.63, 3.8) is 0 Å². The Morgan fingerprint density at radius 2 is 1.92 bits per heavy atom. The number of aryl methyl sites for hydroxylation is 1. The van der Waals surface area contributed by atoms with Crippen LogP contribution in [0.15, 0.2) is 42.5 Å². The average Bonchev–Trinajstić information content (AvgIpc) is 3.13. The molecule has 1 fully saturated rings. The Morgan fingerprint density at radius 3 is 2.68 bits per heavy atom. The van der Waals surface area contributed by atoms with E-state index in [1.807, 2.05) is 30.3 Å². The summed E-state index contributed by atoms with van der Waals surface area (Å²) in [5, 5.41) is 12.1. The molecule has 1 aliphatic heterocycles. The van der Waals surface area contributed by atoms with E-state index in [0.717, 1.165) is 42.9 Å². The van der Waals surface area contributed by atoms with Crippen LogP contribution in [-0.4, -0.2) is 24.2 Å². The van der Waals surface area contributed by atoms with E-state index < -0.39 is 5.97 Å². The number of carboxylic acid groups (broad SMARTS) is 1. The van der Waals surface area contributed by atoms with Crippen LogP contribution in [-0.2, 0) is 17.8 Å². The standard InChI is InChI=1S/C20H23FN2O2/c21-18-7-4-8-19(23-11-1-2-12-23)17(18)14-22-16-6-3-5-15(13-16)9-10-20(24)25/h3-8,13,22H,1-2,9-12,14H2,(H,24,25). The molecule has 4 nitrogen and oxygen atoms in total. The molecule has 1 aliphatic rings. The number of nitrogens with one attached hydrogen (secondary N) is 1. The predicted molar refractivity (Wildman–Crippen MR) is 97.6 cm³/mol. The number of hydrogen-bond donors (Lipinski definition) is 2. The van der Waals surface area contributed by atoms with Crippen molar-refractivity contribution in [2.75, 3.05) is 23.3 Å². The number of nitrogens with zero attached hydrogens (tertiary/aromatic N) is 1. The Kier molecular flexibility index (Phi) is 5.53. The summed E-state index contributed by atoms with van der Waals surface area (Å²) in [5.41, 5.74) is 3.48. The highest BCUT2D eigenvalue weighted by Crippen LogP contribution is 2.27. The van der Waals surface area contributed by atoms with E-state index in [1.165, 1.54) is 6.07 Å². The second-order valence-electron chi connectivity index (χ2n) is 6.38. The highest BCUT2D eigenvalue weighted by molar-refractivity contribution is 5.67. The molecule has 0 spiro atoms. The fraction of sp³-hybridized carbons (Fsp3) is 0.350. The van der Waals surface area contributed by atoms with Crippen LogP contribution in [0, 0.1) is 5.82 Å². The first-order chi connectivity index (χ1) is 12.1. The van der Waals surface area contributed by atoms with Gasteiger partial charge in [-0.1, -0.05) is 18.2 Å². The Balaban J connectivity index is 1.71. The maximum atomic E-state index is 14.4. The smallest absolute Gasteiger partial charge is 0.303 e. The largest absolute Gasteiger partial charge is 0.481 e. The van der Waals surface area contributed by atoms with Crippen molar-refractivity contribution in [1.82, 2.24) is 0 Å². The highest BCUT2D eigenvalue weighted by atomic mass is 19.1. The van der Waals surface area contributed by atoms with Crippen molar-refractivity contribution >= 4 is 17.3 Å². The first-order valence-electron chi connectivity index (χ1n) is 8.70. The van der Waals surface area contributed by atoms with E-state index in [2.05, 4.69) is 10.2 Å². The molecule has 0 unspecified atom stereocenters. The molecule has 1 saturated heterocycles. The molecule has 0 bridgehead atoms. The van der Waals surface area contributed by atoms with Gasteiger partial charge in [0.25, 0.3) is 0 Å². The van der Waals surface area contributed by atoms with E-state index in [1.54, 1.807) is 6.07 Å². The van der Waals surface area contributed by atoms with Crippen LogP contribution in [0.3, 0.4) is 0 Å². The van der Waals surface area contributed by atoms with Gasteiger partial charge >= 0.3 is 5.97 Å². The Hall–Kier alpha value is -2.56. The minimum absolute atomic E-state index is 0.107. The van der Waals surface area contributed by atoms with Crippen molar-refractivity contribution < 1.29 is 14.3 Å².